The minimum absolute atomic E-state index is 0.0834. The minimum atomic E-state index is -0.615. The van der Waals surface area contributed by atoms with Gasteiger partial charge in [-0.05, 0) is 54.0 Å². The molecular weight excluding hydrogens is 230 g/mol. The van der Waals surface area contributed by atoms with E-state index in [1.807, 2.05) is 13.8 Å². The lowest BCUT2D eigenvalue weighted by molar-refractivity contribution is -0.150. The number of rotatable bonds is 9. The van der Waals surface area contributed by atoms with Crippen LogP contribution in [0.15, 0.2) is 0 Å². The Kier molecular flexibility index (Phi) is 7.48. The molecule has 4 nitrogen and oxygen atoms in total. The lowest BCUT2D eigenvalue weighted by Crippen LogP contribution is -2.48. The topological polar surface area (TPSA) is 47.6 Å². The van der Waals surface area contributed by atoms with E-state index in [0.29, 0.717) is 19.6 Å². The van der Waals surface area contributed by atoms with E-state index in [2.05, 4.69) is 26.1 Å². The van der Waals surface area contributed by atoms with Gasteiger partial charge in [-0.15, -0.1) is 0 Å². The van der Waals surface area contributed by atoms with Crippen LogP contribution < -0.4 is 5.32 Å². The summed E-state index contributed by atoms with van der Waals surface area (Å²) in [6.07, 6.45) is 2.52. The number of carbonyl (C=O) groups excluding carboxylic acids is 1. The maximum Gasteiger partial charge on any atom is 0.326 e. The smallest absolute Gasteiger partial charge is 0.326 e. The number of hydrogen-bond acceptors (Lipinski definition) is 4. The van der Waals surface area contributed by atoms with Crippen LogP contribution in [0.3, 0.4) is 0 Å². The van der Waals surface area contributed by atoms with E-state index in [1.54, 1.807) is 7.05 Å². The second-order valence-corrected chi connectivity index (χ2v) is 5.37. The first kappa shape index (κ1) is 17.4. The number of hydrogen-bond donors (Lipinski definition) is 1. The van der Waals surface area contributed by atoms with E-state index >= 15 is 0 Å². The highest BCUT2D eigenvalue weighted by atomic mass is 16.5. The SMILES string of the molecule is CCOC(=O)C(C)(CCCOC(C)(C)CC)NC. The maximum atomic E-state index is 11.8. The summed E-state index contributed by atoms with van der Waals surface area (Å²) >= 11 is 0. The zero-order valence-electron chi connectivity index (χ0n) is 12.8. The van der Waals surface area contributed by atoms with Crippen LogP contribution in [0.25, 0.3) is 0 Å². The number of nitrogens with one attached hydrogen (secondary N) is 1. The van der Waals surface area contributed by atoms with Gasteiger partial charge in [0.25, 0.3) is 0 Å². The second-order valence-electron chi connectivity index (χ2n) is 5.37. The van der Waals surface area contributed by atoms with Crippen LogP contribution in [0.1, 0.15) is 53.9 Å². The van der Waals surface area contributed by atoms with Crippen molar-refractivity contribution in [2.45, 2.75) is 65.0 Å². The third kappa shape index (κ3) is 5.83. The Balaban J connectivity index is 4.12. The van der Waals surface area contributed by atoms with Crippen LogP contribution in [0, 0.1) is 0 Å². The molecule has 0 bridgehead atoms. The third-order valence-corrected chi connectivity index (χ3v) is 3.44. The van der Waals surface area contributed by atoms with Gasteiger partial charge in [0.05, 0.1) is 12.2 Å². The van der Waals surface area contributed by atoms with Gasteiger partial charge in [-0.1, -0.05) is 6.92 Å². The van der Waals surface area contributed by atoms with Gasteiger partial charge in [0.15, 0.2) is 0 Å². The average Bonchev–Trinajstić information content (AvgIpc) is 2.34. The third-order valence-electron chi connectivity index (χ3n) is 3.44. The molecule has 0 aliphatic rings. The highest BCUT2D eigenvalue weighted by Gasteiger charge is 2.32. The number of carbonyl (C=O) groups is 1. The molecule has 18 heavy (non-hydrogen) atoms. The van der Waals surface area contributed by atoms with Crippen molar-refractivity contribution in [3.63, 3.8) is 0 Å². The molecule has 0 aliphatic carbocycles. The molecule has 1 N–H and O–H groups in total. The van der Waals surface area contributed by atoms with Gasteiger partial charge in [0.2, 0.25) is 0 Å². The quantitative estimate of drug-likeness (QED) is 0.510. The summed E-state index contributed by atoms with van der Waals surface area (Å²) in [6, 6.07) is 0. The Morgan fingerprint density at radius 1 is 1.22 bits per heavy atom. The van der Waals surface area contributed by atoms with Gasteiger partial charge in [-0.2, -0.15) is 0 Å². The fourth-order valence-electron chi connectivity index (χ4n) is 1.50. The van der Waals surface area contributed by atoms with Crippen molar-refractivity contribution in [1.29, 1.82) is 0 Å². The van der Waals surface area contributed by atoms with Crippen molar-refractivity contribution in [3.8, 4) is 0 Å². The van der Waals surface area contributed by atoms with Gasteiger partial charge in [-0.25, -0.2) is 0 Å². The average molecular weight is 259 g/mol. The molecule has 0 aromatic carbocycles. The van der Waals surface area contributed by atoms with Gasteiger partial charge < -0.3 is 14.8 Å². The normalized spacial score (nSPS) is 15.2. The molecule has 0 aromatic rings. The van der Waals surface area contributed by atoms with Crippen molar-refractivity contribution in [2.24, 2.45) is 0 Å². The number of likely N-dealkylation sites (N-methyl/N-ethyl adjacent to an activating group) is 1. The Morgan fingerprint density at radius 2 is 1.83 bits per heavy atom. The lowest BCUT2D eigenvalue weighted by atomic mass is 9.96. The molecule has 108 valence electrons. The molecule has 0 aromatic heterocycles. The fraction of sp³-hybridized carbons (Fsp3) is 0.929. The molecule has 0 spiro atoms. The summed E-state index contributed by atoms with van der Waals surface area (Å²) in [5.41, 5.74) is -0.699. The number of ether oxygens (including phenoxy) is 2. The molecule has 0 amide bonds. The standard InChI is InChI=1S/C14H29NO3/c1-7-13(3,4)18-11-9-10-14(5,15-6)12(16)17-8-2/h15H,7-11H2,1-6H3. The summed E-state index contributed by atoms with van der Waals surface area (Å²) in [5.74, 6) is -0.192. The van der Waals surface area contributed by atoms with Crippen molar-refractivity contribution in [3.05, 3.63) is 0 Å². The predicted octanol–water partition coefficient (Wildman–Crippen LogP) is 2.51. The van der Waals surface area contributed by atoms with E-state index in [1.165, 1.54) is 0 Å². The molecule has 0 fully saturated rings. The minimum Gasteiger partial charge on any atom is -0.465 e. The van der Waals surface area contributed by atoms with Crippen LogP contribution in [0.5, 0.6) is 0 Å². The van der Waals surface area contributed by atoms with Crippen molar-refractivity contribution < 1.29 is 14.3 Å². The Bertz CT molecular complexity index is 253. The van der Waals surface area contributed by atoms with Crippen LogP contribution in [-0.2, 0) is 14.3 Å². The van der Waals surface area contributed by atoms with E-state index in [9.17, 15) is 4.79 Å². The molecule has 0 saturated carbocycles. The zero-order valence-corrected chi connectivity index (χ0v) is 12.8. The summed E-state index contributed by atoms with van der Waals surface area (Å²) in [5, 5.41) is 3.04. The predicted molar refractivity (Wildman–Crippen MR) is 73.7 cm³/mol. The van der Waals surface area contributed by atoms with E-state index < -0.39 is 5.54 Å². The monoisotopic (exact) mass is 259 g/mol. The van der Waals surface area contributed by atoms with Gasteiger partial charge in [-0.3, -0.25) is 4.79 Å². The second kappa shape index (κ2) is 7.74. The van der Waals surface area contributed by atoms with E-state index in [-0.39, 0.29) is 11.6 Å². The van der Waals surface area contributed by atoms with Gasteiger partial charge in [0.1, 0.15) is 5.54 Å². The lowest BCUT2D eigenvalue weighted by Gasteiger charge is -2.28. The molecular formula is C14H29NO3. The molecule has 0 heterocycles. The summed E-state index contributed by atoms with van der Waals surface area (Å²) in [7, 11) is 1.79. The maximum absolute atomic E-state index is 11.8. The summed E-state index contributed by atoms with van der Waals surface area (Å²) in [4.78, 5) is 11.8. The van der Waals surface area contributed by atoms with Crippen LogP contribution in [0.4, 0.5) is 0 Å². The largest absolute Gasteiger partial charge is 0.465 e. The summed E-state index contributed by atoms with van der Waals surface area (Å²) in [6.45, 7) is 11.0. The Morgan fingerprint density at radius 3 is 2.28 bits per heavy atom. The van der Waals surface area contributed by atoms with Crippen molar-refractivity contribution >= 4 is 5.97 Å². The molecule has 0 aliphatic heterocycles. The van der Waals surface area contributed by atoms with E-state index in [0.717, 1.165) is 12.8 Å². The molecule has 4 heteroatoms. The highest BCUT2D eigenvalue weighted by molar-refractivity contribution is 5.80. The summed E-state index contributed by atoms with van der Waals surface area (Å²) < 4.78 is 10.9. The fourth-order valence-corrected chi connectivity index (χ4v) is 1.50. The Hall–Kier alpha value is -0.610. The molecule has 0 radical (unpaired) electrons. The van der Waals surface area contributed by atoms with Crippen molar-refractivity contribution in [1.82, 2.24) is 5.32 Å². The van der Waals surface area contributed by atoms with Gasteiger partial charge >= 0.3 is 5.97 Å². The molecule has 0 rings (SSSR count). The van der Waals surface area contributed by atoms with Crippen LogP contribution in [-0.4, -0.2) is 37.4 Å². The van der Waals surface area contributed by atoms with Crippen LogP contribution in [0.2, 0.25) is 0 Å². The molecule has 1 atom stereocenters. The zero-order chi connectivity index (χ0) is 14.2. The van der Waals surface area contributed by atoms with Crippen molar-refractivity contribution in [2.75, 3.05) is 20.3 Å². The number of esters is 1. The highest BCUT2D eigenvalue weighted by Crippen LogP contribution is 2.17. The van der Waals surface area contributed by atoms with Crippen LogP contribution >= 0.6 is 0 Å². The first-order valence-electron chi connectivity index (χ1n) is 6.81. The van der Waals surface area contributed by atoms with Gasteiger partial charge in [0, 0.05) is 6.61 Å². The molecule has 0 saturated heterocycles. The molecule has 1 unspecified atom stereocenters. The van der Waals surface area contributed by atoms with E-state index in [4.69, 9.17) is 9.47 Å². The first-order valence-corrected chi connectivity index (χ1v) is 6.81. The first-order chi connectivity index (χ1) is 8.31. The Labute approximate surface area is 111 Å².